The Hall–Kier alpha value is -2.90. The Kier molecular flexibility index (Phi) is 5.04. The predicted molar refractivity (Wildman–Crippen MR) is 106 cm³/mol. The minimum Gasteiger partial charge on any atom is -0.328 e. The van der Waals surface area contributed by atoms with Crippen LogP contribution in [0, 0.1) is 18.3 Å². The number of hydrogen-bond acceptors (Lipinski definition) is 3. The van der Waals surface area contributed by atoms with Crippen LogP contribution in [0.15, 0.2) is 60.8 Å². The van der Waals surface area contributed by atoms with Gasteiger partial charge in [0.25, 0.3) is 0 Å². The first-order valence-corrected chi connectivity index (χ1v) is 9.50. The van der Waals surface area contributed by atoms with Crippen molar-refractivity contribution in [3.63, 3.8) is 0 Å². The summed E-state index contributed by atoms with van der Waals surface area (Å²) in [4.78, 5) is 7.25. The molecule has 1 aliphatic rings. The molecule has 3 aromatic rings. The van der Waals surface area contributed by atoms with Crippen molar-refractivity contribution in [3.05, 3.63) is 89.0 Å². The van der Waals surface area contributed by atoms with Crippen LogP contribution in [-0.2, 0) is 13.1 Å². The number of rotatable bonds is 5. The highest BCUT2D eigenvalue weighted by Crippen LogP contribution is 2.28. The van der Waals surface area contributed by atoms with E-state index in [1.807, 2.05) is 18.3 Å². The number of hydrogen-bond donors (Lipinski definition) is 0. The van der Waals surface area contributed by atoms with Crippen LogP contribution < -0.4 is 0 Å². The molecule has 0 spiro atoms. The molecule has 2 aromatic carbocycles. The van der Waals surface area contributed by atoms with Gasteiger partial charge in [-0.3, -0.25) is 4.90 Å². The van der Waals surface area contributed by atoms with Crippen LogP contribution in [-0.4, -0.2) is 27.5 Å². The molecule has 1 fully saturated rings. The van der Waals surface area contributed by atoms with E-state index in [0.29, 0.717) is 5.92 Å². The molecule has 0 saturated carbocycles. The van der Waals surface area contributed by atoms with Gasteiger partial charge in [0.05, 0.1) is 11.6 Å². The highest BCUT2D eigenvalue weighted by Gasteiger charge is 2.27. The second kappa shape index (κ2) is 7.77. The Labute approximate surface area is 160 Å². The maximum atomic E-state index is 8.94. The van der Waals surface area contributed by atoms with E-state index in [0.717, 1.165) is 38.2 Å². The topological polar surface area (TPSA) is 44.9 Å². The molecule has 0 aliphatic carbocycles. The quantitative estimate of drug-likeness (QED) is 0.691. The average Bonchev–Trinajstić information content (AvgIpc) is 3.30. The Morgan fingerprint density at radius 3 is 2.52 bits per heavy atom. The van der Waals surface area contributed by atoms with Gasteiger partial charge >= 0.3 is 0 Å². The highest BCUT2D eigenvalue weighted by atomic mass is 15.2. The monoisotopic (exact) mass is 356 g/mol. The van der Waals surface area contributed by atoms with Crippen LogP contribution >= 0.6 is 0 Å². The molecule has 4 heteroatoms. The minimum absolute atomic E-state index is 0.473. The van der Waals surface area contributed by atoms with Gasteiger partial charge in [0.1, 0.15) is 5.82 Å². The first-order valence-electron chi connectivity index (χ1n) is 9.50. The second-order valence-electron chi connectivity index (χ2n) is 7.36. The molecule has 1 saturated heterocycles. The molecular weight excluding hydrogens is 332 g/mol. The first-order chi connectivity index (χ1) is 13.2. The second-order valence-corrected chi connectivity index (χ2v) is 7.36. The van der Waals surface area contributed by atoms with E-state index >= 15 is 0 Å². The molecule has 2 heterocycles. The molecule has 0 radical (unpaired) electrons. The third-order valence-corrected chi connectivity index (χ3v) is 5.40. The summed E-state index contributed by atoms with van der Waals surface area (Å²) in [6.45, 7) is 6.07. The molecule has 4 nitrogen and oxygen atoms in total. The van der Waals surface area contributed by atoms with Crippen molar-refractivity contribution in [2.75, 3.05) is 13.1 Å². The van der Waals surface area contributed by atoms with Gasteiger partial charge in [0, 0.05) is 37.4 Å². The van der Waals surface area contributed by atoms with Crippen LogP contribution in [0.4, 0.5) is 0 Å². The van der Waals surface area contributed by atoms with Crippen LogP contribution in [0.25, 0.3) is 0 Å². The van der Waals surface area contributed by atoms with Gasteiger partial charge in [0.15, 0.2) is 0 Å². The SMILES string of the molecule is Cc1cnc(C2CCN(Cc3ccc(C#N)cc3)C2)n1Cc1ccccc1. The first kappa shape index (κ1) is 17.5. The molecule has 136 valence electrons. The maximum Gasteiger partial charge on any atom is 0.113 e. The van der Waals surface area contributed by atoms with Gasteiger partial charge in [-0.05, 0) is 43.1 Å². The number of aryl methyl sites for hydroxylation is 1. The lowest BCUT2D eigenvalue weighted by Crippen LogP contribution is -2.21. The van der Waals surface area contributed by atoms with Crippen molar-refractivity contribution < 1.29 is 0 Å². The number of nitrogens with zero attached hydrogens (tertiary/aromatic N) is 4. The third-order valence-electron chi connectivity index (χ3n) is 5.40. The molecule has 0 N–H and O–H groups in total. The molecule has 1 atom stereocenters. The predicted octanol–water partition coefficient (Wildman–Crippen LogP) is 4.10. The molecule has 0 bridgehead atoms. The van der Waals surface area contributed by atoms with Crippen LogP contribution in [0.3, 0.4) is 0 Å². The van der Waals surface area contributed by atoms with Crippen LogP contribution in [0.2, 0.25) is 0 Å². The lowest BCUT2D eigenvalue weighted by molar-refractivity contribution is 0.325. The van der Waals surface area contributed by atoms with E-state index in [-0.39, 0.29) is 0 Å². The number of aromatic nitrogens is 2. The Morgan fingerprint density at radius 2 is 1.78 bits per heavy atom. The maximum absolute atomic E-state index is 8.94. The van der Waals surface area contributed by atoms with Crippen molar-refractivity contribution in [3.8, 4) is 6.07 Å². The van der Waals surface area contributed by atoms with E-state index in [1.165, 1.54) is 22.6 Å². The van der Waals surface area contributed by atoms with Crippen molar-refractivity contribution in [1.29, 1.82) is 5.26 Å². The summed E-state index contributed by atoms with van der Waals surface area (Å²) in [7, 11) is 0. The molecule has 4 rings (SSSR count). The van der Waals surface area contributed by atoms with Crippen molar-refractivity contribution in [2.45, 2.75) is 32.4 Å². The largest absolute Gasteiger partial charge is 0.328 e. The van der Waals surface area contributed by atoms with E-state index < -0.39 is 0 Å². The van der Waals surface area contributed by atoms with Crippen molar-refractivity contribution in [1.82, 2.24) is 14.5 Å². The fourth-order valence-corrected chi connectivity index (χ4v) is 3.91. The molecule has 1 unspecified atom stereocenters. The highest BCUT2D eigenvalue weighted by molar-refractivity contribution is 5.31. The summed E-state index contributed by atoms with van der Waals surface area (Å²) < 4.78 is 2.37. The van der Waals surface area contributed by atoms with Gasteiger partial charge in [-0.2, -0.15) is 5.26 Å². The van der Waals surface area contributed by atoms with Crippen LogP contribution in [0.1, 0.15) is 40.5 Å². The fraction of sp³-hybridized carbons (Fsp3) is 0.304. The summed E-state index contributed by atoms with van der Waals surface area (Å²) in [5, 5.41) is 8.94. The van der Waals surface area contributed by atoms with E-state index in [1.54, 1.807) is 0 Å². The molecular formula is C23H24N4. The zero-order chi connectivity index (χ0) is 18.6. The van der Waals surface area contributed by atoms with Gasteiger partial charge in [-0.25, -0.2) is 4.98 Å². The molecule has 0 amide bonds. The Morgan fingerprint density at radius 1 is 1.04 bits per heavy atom. The zero-order valence-electron chi connectivity index (χ0n) is 15.7. The molecule has 1 aromatic heterocycles. The summed E-state index contributed by atoms with van der Waals surface area (Å²) >= 11 is 0. The third kappa shape index (κ3) is 3.94. The Balaban J connectivity index is 1.45. The van der Waals surface area contributed by atoms with E-state index in [9.17, 15) is 0 Å². The fourth-order valence-electron chi connectivity index (χ4n) is 3.91. The summed E-state index contributed by atoms with van der Waals surface area (Å²) in [5.41, 5.74) is 4.52. The average molecular weight is 356 g/mol. The van der Waals surface area contributed by atoms with Crippen molar-refractivity contribution in [2.24, 2.45) is 0 Å². The van der Waals surface area contributed by atoms with Crippen molar-refractivity contribution >= 4 is 0 Å². The lowest BCUT2D eigenvalue weighted by atomic mass is 10.1. The van der Waals surface area contributed by atoms with E-state index in [4.69, 9.17) is 10.2 Å². The number of imidazole rings is 1. The number of nitriles is 1. The number of likely N-dealkylation sites (tertiary alicyclic amines) is 1. The molecule has 1 aliphatic heterocycles. The summed E-state index contributed by atoms with van der Waals surface area (Å²) in [6, 6.07) is 20.7. The zero-order valence-corrected chi connectivity index (χ0v) is 15.7. The van der Waals surface area contributed by atoms with Gasteiger partial charge in [0.2, 0.25) is 0 Å². The summed E-state index contributed by atoms with van der Waals surface area (Å²) in [6.07, 6.45) is 3.14. The normalized spacial score (nSPS) is 17.1. The van der Waals surface area contributed by atoms with Crippen LogP contribution in [0.5, 0.6) is 0 Å². The van der Waals surface area contributed by atoms with E-state index in [2.05, 4.69) is 64.9 Å². The minimum atomic E-state index is 0.473. The number of benzene rings is 2. The molecule has 27 heavy (non-hydrogen) atoms. The Bertz CT molecular complexity index is 935. The lowest BCUT2D eigenvalue weighted by Gasteiger charge is -2.17. The van der Waals surface area contributed by atoms with Gasteiger partial charge in [-0.1, -0.05) is 42.5 Å². The van der Waals surface area contributed by atoms with Gasteiger partial charge < -0.3 is 4.57 Å². The summed E-state index contributed by atoms with van der Waals surface area (Å²) in [5.74, 6) is 1.68. The van der Waals surface area contributed by atoms with Gasteiger partial charge in [-0.15, -0.1) is 0 Å². The standard InChI is InChI=1S/C23H24N4/c1-18-14-25-23(27(18)16-20-5-3-2-4-6-20)22-11-12-26(17-22)15-21-9-7-19(13-24)8-10-21/h2-10,14,22H,11-12,15-17H2,1H3. The smallest absolute Gasteiger partial charge is 0.113 e.